The minimum Gasteiger partial charge on any atom is -0.453 e. The van der Waals surface area contributed by atoms with E-state index in [9.17, 15) is 4.79 Å². The summed E-state index contributed by atoms with van der Waals surface area (Å²) in [6.45, 7) is 1.43. The Hall–Kier alpha value is -3.09. The molecule has 0 saturated heterocycles. The number of para-hydroxylation sites is 2. The van der Waals surface area contributed by atoms with Crippen molar-refractivity contribution in [3.05, 3.63) is 36.4 Å². The lowest BCUT2D eigenvalue weighted by molar-refractivity contribution is -0.114. The highest BCUT2D eigenvalue weighted by molar-refractivity contribution is 5.92. The predicted molar refractivity (Wildman–Crippen MR) is 77.0 cm³/mol. The van der Waals surface area contributed by atoms with Crippen LogP contribution in [0.15, 0.2) is 41.0 Å². The highest BCUT2D eigenvalue weighted by atomic mass is 16.6. The van der Waals surface area contributed by atoms with Crippen molar-refractivity contribution in [2.75, 3.05) is 11.1 Å². The lowest BCUT2D eigenvalue weighted by Crippen LogP contribution is -2.06. The van der Waals surface area contributed by atoms with Gasteiger partial charge < -0.3 is 15.8 Å². The molecule has 21 heavy (non-hydrogen) atoms. The number of rotatable bonds is 3. The molecule has 0 spiro atoms. The second kappa shape index (κ2) is 5.12. The number of nitrogens with one attached hydrogen (secondary N) is 1. The van der Waals surface area contributed by atoms with Gasteiger partial charge in [0.25, 0.3) is 0 Å². The molecule has 0 bridgehead atoms. The molecule has 1 amide bonds. The second-order valence-corrected chi connectivity index (χ2v) is 4.39. The summed E-state index contributed by atoms with van der Waals surface area (Å²) in [5.41, 5.74) is 7.66. The van der Waals surface area contributed by atoms with Gasteiger partial charge in [-0.1, -0.05) is 12.1 Å². The molecule has 3 aromatic rings. The lowest BCUT2D eigenvalue weighted by atomic mass is 10.2. The van der Waals surface area contributed by atoms with Gasteiger partial charge in [-0.15, -0.1) is 0 Å². The molecule has 7 heteroatoms. The average Bonchev–Trinajstić information content (AvgIpc) is 2.94. The van der Waals surface area contributed by atoms with Gasteiger partial charge in [0.2, 0.25) is 5.91 Å². The van der Waals surface area contributed by atoms with Crippen LogP contribution in [0.4, 0.5) is 11.4 Å². The number of carbonyl (C=O) groups is 1. The second-order valence-electron chi connectivity index (χ2n) is 4.39. The number of nitrogens with two attached hydrogens (primary N) is 1. The molecule has 0 radical (unpaired) electrons. The van der Waals surface area contributed by atoms with Crippen molar-refractivity contribution in [1.82, 2.24) is 10.3 Å². The molecular weight excluding hydrogens is 272 g/mol. The Bertz CT molecular complexity index is 813. The molecule has 1 aromatic heterocycles. The Balaban J connectivity index is 2.01. The summed E-state index contributed by atoms with van der Waals surface area (Å²) in [5, 5.41) is 10.2. The van der Waals surface area contributed by atoms with Crippen molar-refractivity contribution >= 4 is 28.3 Å². The zero-order valence-electron chi connectivity index (χ0n) is 11.2. The highest BCUT2D eigenvalue weighted by Crippen LogP contribution is 2.34. The highest BCUT2D eigenvalue weighted by Gasteiger charge is 2.13. The summed E-state index contributed by atoms with van der Waals surface area (Å²) in [4.78, 5) is 11.2. The number of fused-ring (bicyclic) bond motifs is 1. The zero-order chi connectivity index (χ0) is 14.8. The lowest BCUT2D eigenvalue weighted by Gasteiger charge is -2.11. The van der Waals surface area contributed by atoms with Gasteiger partial charge in [-0.2, -0.15) is 0 Å². The molecule has 3 N–H and O–H groups in total. The van der Waals surface area contributed by atoms with E-state index in [1.54, 1.807) is 36.4 Å². The van der Waals surface area contributed by atoms with E-state index in [1.165, 1.54) is 6.92 Å². The Morgan fingerprint density at radius 3 is 2.71 bits per heavy atom. The summed E-state index contributed by atoms with van der Waals surface area (Å²) < 4.78 is 10.5. The first-order valence-electron chi connectivity index (χ1n) is 6.20. The van der Waals surface area contributed by atoms with E-state index in [1.807, 2.05) is 0 Å². The molecule has 1 heterocycles. The van der Waals surface area contributed by atoms with Crippen LogP contribution in [0.5, 0.6) is 11.5 Å². The van der Waals surface area contributed by atoms with Crippen LogP contribution >= 0.6 is 0 Å². The van der Waals surface area contributed by atoms with Crippen LogP contribution in [0.25, 0.3) is 11.0 Å². The molecule has 0 aliphatic heterocycles. The smallest absolute Gasteiger partial charge is 0.221 e. The number of carbonyl (C=O) groups excluding carboxylic acids is 1. The molecule has 7 nitrogen and oxygen atoms in total. The van der Waals surface area contributed by atoms with Crippen molar-refractivity contribution < 1.29 is 14.2 Å². The maximum Gasteiger partial charge on any atom is 0.221 e. The number of benzene rings is 2. The number of aromatic nitrogens is 2. The van der Waals surface area contributed by atoms with Gasteiger partial charge in [-0.3, -0.25) is 4.79 Å². The number of nitrogen functional groups attached to an aromatic ring is 1. The van der Waals surface area contributed by atoms with Crippen LogP contribution in [0.3, 0.4) is 0 Å². The monoisotopic (exact) mass is 284 g/mol. The van der Waals surface area contributed by atoms with Gasteiger partial charge in [-0.05, 0) is 34.6 Å². The summed E-state index contributed by atoms with van der Waals surface area (Å²) in [7, 11) is 0. The number of hydrogen-bond acceptors (Lipinski definition) is 6. The first-order chi connectivity index (χ1) is 10.1. The van der Waals surface area contributed by atoms with E-state index < -0.39 is 0 Å². The van der Waals surface area contributed by atoms with Crippen LogP contribution < -0.4 is 15.8 Å². The number of anilines is 2. The van der Waals surface area contributed by atoms with E-state index in [0.717, 1.165) is 0 Å². The molecule has 0 atom stereocenters. The van der Waals surface area contributed by atoms with Crippen LogP contribution in [-0.4, -0.2) is 16.2 Å². The van der Waals surface area contributed by atoms with Crippen molar-refractivity contribution in [2.24, 2.45) is 0 Å². The van der Waals surface area contributed by atoms with Gasteiger partial charge in [0.15, 0.2) is 22.5 Å². The fourth-order valence-corrected chi connectivity index (χ4v) is 1.91. The largest absolute Gasteiger partial charge is 0.453 e. The zero-order valence-corrected chi connectivity index (χ0v) is 11.2. The minimum atomic E-state index is -0.184. The van der Waals surface area contributed by atoms with E-state index in [2.05, 4.69) is 20.3 Å². The van der Waals surface area contributed by atoms with Gasteiger partial charge in [0.1, 0.15) is 0 Å². The fourth-order valence-electron chi connectivity index (χ4n) is 1.91. The number of hydrogen-bond donors (Lipinski definition) is 2. The molecule has 0 fully saturated rings. The molecule has 0 aliphatic carbocycles. The van der Waals surface area contributed by atoms with Crippen LogP contribution in [0.1, 0.15) is 6.92 Å². The van der Waals surface area contributed by atoms with Crippen molar-refractivity contribution in [1.29, 1.82) is 0 Å². The van der Waals surface area contributed by atoms with Gasteiger partial charge in [0.05, 0.1) is 11.4 Å². The van der Waals surface area contributed by atoms with Crippen LogP contribution in [0.2, 0.25) is 0 Å². The van der Waals surface area contributed by atoms with E-state index in [0.29, 0.717) is 33.9 Å². The van der Waals surface area contributed by atoms with Gasteiger partial charge >= 0.3 is 0 Å². The predicted octanol–water partition coefficient (Wildman–Crippen LogP) is 2.56. The van der Waals surface area contributed by atoms with E-state index >= 15 is 0 Å². The third-order valence-electron chi connectivity index (χ3n) is 2.83. The Morgan fingerprint density at radius 2 is 1.90 bits per heavy atom. The van der Waals surface area contributed by atoms with Crippen LogP contribution in [-0.2, 0) is 4.79 Å². The summed E-state index contributed by atoms with van der Waals surface area (Å²) in [6, 6.07) is 10.4. The number of amides is 1. The molecular formula is C14H12N4O3. The standard InChI is InChI=1S/C14H12N4O3/c1-8(19)16-10-4-2-3-5-11(10)20-12-7-6-9(15)13-14(12)18-21-17-13/h2-7H,15H2,1H3,(H,16,19). The Labute approximate surface area is 119 Å². The topological polar surface area (TPSA) is 103 Å². The van der Waals surface area contributed by atoms with E-state index in [4.69, 9.17) is 10.5 Å². The van der Waals surface area contributed by atoms with Crippen molar-refractivity contribution in [2.45, 2.75) is 6.92 Å². The average molecular weight is 284 g/mol. The maximum absolute atomic E-state index is 11.2. The maximum atomic E-state index is 11.2. The Morgan fingerprint density at radius 1 is 1.14 bits per heavy atom. The third-order valence-corrected chi connectivity index (χ3v) is 2.83. The fraction of sp³-hybridized carbons (Fsp3) is 0.0714. The summed E-state index contributed by atoms with van der Waals surface area (Å²) in [6.07, 6.45) is 0. The quantitative estimate of drug-likeness (QED) is 0.716. The van der Waals surface area contributed by atoms with E-state index in [-0.39, 0.29) is 5.91 Å². The molecule has 2 aromatic carbocycles. The molecule has 0 saturated carbocycles. The number of nitrogens with zero attached hydrogens (tertiary/aromatic N) is 2. The third kappa shape index (κ3) is 2.48. The minimum absolute atomic E-state index is 0.184. The van der Waals surface area contributed by atoms with Crippen LogP contribution in [0, 0.1) is 0 Å². The summed E-state index contributed by atoms with van der Waals surface area (Å²) in [5.74, 6) is 0.747. The van der Waals surface area contributed by atoms with Crippen molar-refractivity contribution in [3.8, 4) is 11.5 Å². The van der Waals surface area contributed by atoms with Gasteiger partial charge in [-0.25, -0.2) is 4.63 Å². The SMILES string of the molecule is CC(=O)Nc1ccccc1Oc1ccc(N)c2nonc12. The normalized spacial score (nSPS) is 10.5. The molecule has 0 aliphatic rings. The first kappa shape index (κ1) is 12.9. The number of ether oxygens (including phenoxy) is 1. The molecule has 3 rings (SSSR count). The summed E-state index contributed by atoms with van der Waals surface area (Å²) >= 11 is 0. The van der Waals surface area contributed by atoms with Gasteiger partial charge in [0, 0.05) is 6.92 Å². The molecule has 106 valence electrons. The van der Waals surface area contributed by atoms with Crippen molar-refractivity contribution in [3.63, 3.8) is 0 Å². The molecule has 0 unspecified atom stereocenters. The first-order valence-corrected chi connectivity index (χ1v) is 6.20. The Kier molecular flexibility index (Phi) is 3.15.